The summed E-state index contributed by atoms with van der Waals surface area (Å²) in [5.41, 5.74) is 1.17. The van der Waals surface area contributed by atoms with E-state index in [1.165, 1.54) is 44.2 Å². The Hall–Kier alpha value is -1.23. The first-order valence-electron chi connectivity index (χ1n) is 14.1. The third kappa shape index (κ3) is 3.89. The van der Waals surface area contributed by atoms with Gasteiger partial charge in [-0.05, 0) is 87.6 Å². The van der Waals surface area contributed by atoms with Crippen molar-refractivity contribution in [3.05, 3.63) is 35.9 Å². The van der Waals surface area contributed by atoms with Gasteiger partial charge >= 0.3 is 0 Å². The van der Waals surface area contributed by atoms with Gasteiger partial charge in [-0.25, -0.2) is 0 Å². The Morgan fingerprint density at radius 3 is 2.74 bits per heavy atom. The topological polar surface area (TPSA) is 38.8 Å². The number of hydrogen-bond acceptors (Lipinski definition) is 4. The molecule has 4 saturated carbocycles. The average Bonchev–Trinajstić information content (AvgIpc) is 3.68. The molecule has 1 heterocycles. The highest BCUT2D eigenvalue weighted by Crippen LogP contribution is 2.66. The predicted molar refractivity (Wildman–Crippen MR) is 134 cm³/mol. The Morgan fingerprint density at radius 1 is 1.09 bits per heavy atom. The van der Waals surface area contributed by atoms with Crippen LogP contribution >= 0.6 is 0 Å². The van der Waals surface area contributed by atoms with Crippen LogP contribution in [-0.4, -0.2) is 55.2 Å². The Bertz CT molecular complexity index is 869. The van der Waals surface area contributed by atoms with E-state index in [0.717, 1.165) is 57.6 Å². The molecule has 4 unspecified atom stereocenters. The number of piperidine rings is 1. The molecule has 6 rings (SSSR count). The average molecular weight is 466 g/mol. The number of likely N-dealkylation sites (tertiary alicyclic amines) is 1. The van der Waals surface area contributed by atoms with Crippen LogP contribution in [0.2, 0.25) is 0 Å². The molecule has 1 aromatic carbocycles. The van der Waals surface area contributed by atoms with Gasteiger partial charge in [0.05, 0.1) is 11.7 Å². The predicted octanol–water partition coefficient (Wildman–Crippen LogP) is 5.43. The van der Waals surface area contributed by atoms with E-state index in [-0.39, 0.29) is 17.1 Å². The van der Waals surface area contributed by atoms with Crippen molar-refractivity contribution in [3.8, 4) is 0 Å². The van der Waals surface area contributed by atoms with Crippen LogP contribution in [0, 0.1) is 23.2 Å². The Balaban J connectivity index is 1.32. The fraction of sp³-hybridized carbons (Fsp3) is 0.767. The first-order valence-corrected chi connectivity index (χ1v) is 14.1. The number of carbonyl (C=O) groups is 1. The molecule has 4 heteroatoms. The smallest absolute Gasteiger partial charge is 0.133 e. The Kier molecular flexibility index (Phi) is 6.36. The summed E-state index contributed by atoms with van der Waals surface area (Å²) in [7, 11) is 1.91. The lowest BCUT2D eigenvalue weighted by Gasteiger charge is -2.70. The van der Waals surface area contributed by atoms with Crippen molar-refractivity contribution >= 4 is 5.78 Å². The van der Waals surface area contributed by atoms with Gasteiger partial charge < -0.3 is 9.47 Å². The fourth-order valence-corrected chi connectivity index (χ4v) is 8.87. The number of methoxy groups -OCH3 is 1. The summed E-state index contributed by atoms with van der Waals surface area (Å²) in [5, 5.41) is 0. The molecule has 0 spiro atoms. The van der Waals surface area contributed by atoms with Crippen molar-refractivity contribution in [3.63, 3.8) is 0 Å². The van der Waals surface area contributed by atoms with Crippen LogP contribution in [0.25, 0.3) is 0 Å². The lowest BCUT2D eigenvalue weighted by Crippen LogP contribution is -2.77. The van der Waals surface area contributed by atoms with Crippen LogP contribution in [0.1, 0.15) is 76.2 Å². The van der Waals surface area contributed by atoms with Gasteiger partial charge in [-0.1, -0.05) is 36.8 Å². The number of benzene rings is 1. The summed E-state index contributed by atoms with van der Waals surface area (Å²) in [6.45, 7) is 3.19. The van der Waals surface area contributed by atoms with Crippen molar-refractivity contribution in [1.82, 2.24) is 4.90 Å². The van der Waals surface area contributed by atoms with Crippen molar-refractivity contribution in [2.24, 2.45) is 23.2 Å². The zero-order valence-corrected chi connectivity index (χ0v) is 21.1. The van der Waals surface area contributed by atoms with Crippen LogP contribution in [0.4, 0.5) is 0 Å². The van der Waals surface area contributed by atoms with Crippen LogP contribution in [0.5, 0.6) is 0 Å². The van der Waals surface area contributed by atoms with Gasteiger partial charge in [0.15, 0.2) is 0 Å². The molecule has 0 N–H and O–H groups in total. The molecule has 34 heavy (non-hydrogen) atoms. The minimum Gasteiger partial charge on any atom is -0.381 e. The number of fused-ring (bicyclic) bond motifs is 1. The maximum Gasteiger partial charge on any atom is 0.133 e. The summed E-state index contributed by atoms with van der Waals surface area (Å²) >= 11 is 0. The fourth-order valence-electron chi connectivity index (χ4n) is 8.87. The maximum atomic E-state index is 13.1. The second-order valence-corrected chi connectivity index (χ2v) is 12.1. The molecule has 2 bridgehead atoms. The highest BCUT2D eigenvalue weighted by Gasteiger charge is 2.71. The minimum atomic E-state index is -0.181. The maximum absolute atomic E-state index is 13.1. The number of Topliss-reactive ketones (excluding diaryl/α,β-unsaturated/α-hetero) is 1. The largest absolute Gasteiger partial charge is 0.381 e. The number of rotatable bonds is 8. The van der Waals surface area contributed by atoms with Crippen LogP contribution in [0.3, 0.4) is 0 Å². The molecule has 1 saturated heterocycles. The number of ketones is 1. The lowest BCUT2D eigenvalue weighted by atomic mass is 9.42. The molecule has 5 fully saturated rings. The van der Waals surface area contributed by atoms with Gasteiger partial charge in [0, 0.05) is 44.6 Å². The zero-order chi connectivity index (χ0) is 23.2. The quantitative estimate of drug-likeness (QED) is 0.480. The van der Waals surface area contributed by atoms with Crippen LogP contribution in [0.15, 0.2) is 30.3 Å². The molecule has 0 radical (unpaired) electrons. The third-order valence-corrected chi connectivity index (χ3v) is 10.4. The zero-order valence-electron chi connectivity index (χ0n) is 21.1. The summed E-state index contributed by atoms with van der Waals surface area (Å²) < 4.78 is 13.4. The normalized spacial score (nSPS) is 40.0. The van der Waals surface area contributed by atoms with Gasteiger partial charge in [-0.3, -0.25) is 9.69 Å². The number of hydrogen-bond donors (Lipinski definition) is 0. The van der Waals surface area contributed by atoms with Gasteiger partial charge in [0.1, 0.15) is 5.78 Å². The van der Waals surface area contributed by atoms with E-state index in [9.17, 15) is 4.79 Å². The minimum absolute atomic E-state index is 0.0379. The van der Waals surface area contributed by atoms with Gasteiger partial charge in [-0.2, -0.15) is 0 Å². The second-order valence-electron chi connectivity index (χ2n) is 12.1. The van der Waals surface area contributed by atoms with E-state index in [0.29, 0.717) is 30.1 Å². The van der Waals surface area contributed by atoms with E-state index < -0.39 is 0 Å². The molecule has 6 atom stereocenters. The van der Waals surface area contributed by atoms with Crippen LogP contribution in [-0.2, 0) is 20.7 Å². The summed E-state index contributed by atoms with van der Waals surface area (Å²) in [6.07, 6.45) is 13.6. The summed E-state index contributed by atoms with van der Waals surface area (Å²) in [6, 6.07) is 11.3. The molecule has 1 aliphatic heterocycles. The van der Waals surface area contributed by atoms with E-state index in [1.807, 2.05) is 7.11 Å². The monoisotopic (exact) mass is 465 g/mol. The van der Waals surface area contributed by atoms with E-state index in [4.69, 9.17) is 9.47 Å². The number of nitrogens with zero attached hydrogens (tertiary/aromatic N) is 1. The number of carbonyl (C=O) groups excluding carboxylic acids is 1. The van der Waals surface area contributed by atoms with Crippen LogP contribution < -0.4 is 0 Å². The molecule has 4 aliphatic carbocycles. The highest BCUT2D eigenvalue weighted by molar-refractivity contribution is 5.81. The van der Waals surface area contributed by atoms with E-state index in [1.54, 1.807) is 0 Å². The molecule has 5 aliphatic rings. The molecular formula is C30H43NO3. The Labute approximate surface area is 205 Å². The van der Waals surface area contributed by atoms with E-state index >= 15 is 0 Å². The van der Waals surface area contributed by atoms with Gasteiger partial charge in [0.2, 0.25) is 0 Å². The highest BCUT2D eigenvalue weighted by atomic mass is 16.5. The summed E-state index contributed by atoms with van der Waals surface area (Å²) in [5.74, 6) is 2.52. The molecule has 0 aromatic heterocycles. The van der Waals surface area contributed by atoms with Crippen molar-refractivity contribution in [2.75, 3.05) is 26.8 Å². The van der Waals surface area contributed by atoms with E-state index in [2.05, 4.69) is 35.2 Å². The first kappa shape index (κ1) is 23.2. The standard InChI is InChI=1S/C30H43NO3/c1-33-26-11-5-10-24-19-27-30(34-18-6-9-22-7-3-2-4-8-22)15-14-25(32)20-29(30,28(24)26)16-17-31(27)21-23-12-13-23/h2-4,7-8,23-24,26-28H,5-6,9-21H2,1H3/t24?,26?,27?,28?,29-,30-/m1/s1. The Morgan fingerprint density at radius 2 is 1.94 bits per heavy atom. The molecule has 4 nitrogen and oxygen atoms in total. The molecule has 0 amide bonds. The first-order chi connectivity index (χ1) is 16.6. The van der Waals surface area contributed by atoms with Crippen molar-refractivity contribution < 1.29 is 14.3 Å². The SMILES string of the molecule is COC1CCCC2CC3N(CC4CC4)CC[C@@]4(CC(=O)CC[C@@]34OCCCc3ccccc3)C21. The second kappa shape index (κ2) is 9.33. The van der Waals surface area contributed by atoms with Crippen molar-refractivity contribution in [1.29, 1.82) is 0 Å². The number of ether oxygens (including phenoxy) is 2. The molecular weight excluding hydrogens is 422 g/mol. The van der Waals surface area contributed by atoms with Gasteiger partial charge in [0.25, 0.3) is 0 Å². The third-order valence-electron chi connectivity index (χ3n) is 10.4. The van der Waals surface area contributed by atoms with Crippen molar-refractivity contribution in [2.45, 2.75) is 94.8 Å². The summed E-state index contributed by atoms with van der Waals surface area (Å²) in [4.78, 5) is 15.9. The molecule has 186 valence electrons. The van der Waals surface area contributed by atoms with Gasteiger partial charge in [-0.15, -0.1) is 0 Å². The lowest BCUT2D eigenvalue weighted by molar-refractivity contribution is -0.288. The number of aryl methyl sites for hydroxylation is 1. The molecule has 1 aromatic rings.